The van der Waals surface area contributed by atoms with Crippen LogP contribution in [0, 0.1) is 23.7 Å². The lowest BCUT2D eigenvalue weighted by Gasteiger charge is -2.25. The van der Waals surface area contributed by atoms with Crippen LogP contribution in [0.5, 0.6) is 0 Å². The highest BCUT2D eigenvalue weighted by atomic mass is 16.2. The monoisotopic (exact) mass is 285 g/mol. The lowest BCUT2D eigenvalue weighted by Crippen LogP contribution is -2.26. The lowest BCUT2D eigenvalue weighted by molar-refractivity contribution is -0.121. The highest BCUT2D eigenvalue weighted by Crippen LogP contribution is 2.29. The molecule has 0 radical (unpaired) electrons. The van der Waals surface area contributed by atoms with E-state index in [1.165, 1.54) is 0 Å². The Kier molecular flexibility index (Phi) is 5.83. The summed E-state index contributed by atoms with van der Waals surface area (Å²) in [5, 5.41) is 11.8. The molecule has 0 saturated heterocycles. The first-order valence-corrected chi connectivity index (χ1v) is 7.70. The summed E-state index contributed by atoms with van der Waals surface area (Å²) in [7, 11) is 0. The van der Waals surface area contributed by atoms with Crippen molar-refractivity contribution in [2.45, 2.75) is 39.0 Å². The van der Waals surface area contributed by atoms with Gasteiger partial charge in [-0.1, -0.05) is 30.9 Å². The maximum absolute atomic E-state index is 12.4. The number of carbonyl (C=O) groups excluding carboxylic acids is 1. The zero-order chi connectivity index (χ0) is 15.1. The largest absolute Gasteiger partial charge is 0.395 e. The van der Waals surface area contributed by atoms with Gasteiger partial charge in [0.05, 0.1) is 12.3 Å². The van der Waals surface area contributed by atoms with Crippen LogP contribution in [0.3, 0.4) is 0 Å². The van der Waals surface area contributed by atoms with E-state index in [9.17, 15) is 4.79 Å². The van der Waals surface area contributed by atoms with E-state index in [2.05, 4.69) is 24.1 Å². The quantitative estimate of drug-likeness (QED) is 0.838. The normalized spacial score (nSPS) is 21.2. The molecule has 112 valence electrons. The molecule has 1 fully saturated rings. The molecule has 0 aliphatic heterocycles. The Bertz CT molecular complexity index is 534. The molecule has 1 saturated carbocycles. The average molecular weight is 285 g/mol. The molecule has 2 N–H and O–H groups in total. The molecule has 0 heterocycles. The van der Waals surface area contributed by atoms with Crippen LogP contribution in [0.1, 0.15) is 44.6 Å². The molecule has 0 atom stereocenters. The van der Waals surface area contributed by atoms with Crippen LogP contribution in [-0.2, 0) is 4.79 Å². The SMILES string of the molecule is CC1CCC(C(=O)Nc2ccccc2C#CCCO)CC1. The predicted octanol–water partition coefficient (Wildman–Crippen LogP) is 3.19. The Labute approximate surface area is 126 Å². The molecule has 3 nitrogen and oxygen atoms in total. The number of anilines is 1. The third-order valence-electron chi connectivity index (χ3n) is 4.03. The summed E-state index contributed by atoms with van der Waals surface area (Å²) >= 11 is 0. The van der Waals surface area contributed by atoms with Gasteiger partial charge in [0.1, 0.15) is 0 Å². The minimum atomic E-state index is 0.0573. The standard InChI is InChI=1S/C18H23NO2/c1-14-9-11-16(12-10-14)18(21)19-17-8-3-2-6-15(17)7-4-5-13-20/h2-3,6,8,14,16,20H,5,9-13H2,1H3,(H,19,21). The van der Waals surface area contributed by atoms with Gasteiger partial charge in [0.25, 0.3) is 0 Å². The van der Waals surface area contributed by atoms with Gasteiger partial charge in [-0.3, -0.25) is 4.79 Å². The molecule has 1 aliphatic carbocycles. The first kappa shape index (κ1) is 15.6. The van der Waals surface area contributed by atoms with Gasteiger partial charge in [0.15, 0.2) is 0 Å². The van der Waals surface area contributed by atoms with Crippen LogP contribution in [0.15, 0.2) is 24.3 Å². The molecule has 1 aromatic carbocycles. The number of benzene rings is 1. The molecular weight excluding hydrogens is 262 g/mol. The van der Waals surface area contributed by atoms with Crippen LogP contribution >= 0.6 is 0 Å². The molecule has 0 unspecified atom stereocenters. The molecule has 0 spiro atoms. The topological polar surface area (TPSA) is 49.3 Å². The molecule has 1 aromatic rings. The third-order valence-corrected chi connectivity index (χ3v) is 4.03. The van der Waals surface area contributed by atoms with Crippen molar-refractivity contribution >= 4 is 11.6 Å². The van der Waals surface area contributed by atoms with E-state index < -0.39 is 0 Å². The van der Waals surface area contributed by atoms with E-state index in [0.717, 1.165) is 42.9 Å². The number of para-hydroxylation sites is 1. The number of hydrogen-bond acceptors (Lipinski definition) is 2. The van der Waals surface area contributed by atoms with Crippen LogP contribution in [0.25, 0.3) is 0 Å². The number of aliphatic hydroxyl groups is 1. The minimum absolute atomic E-state index is 0.0573. The molecular formula is C18H23NO2. The third kappa shape index (κ3) is 4.61. The molecule has 0 aromatic heterocycles. The molecule has 2 rings (SSSR count). The number of amides is 1. The number of nitrogens with one attached hydrogen (secondary N) is 1. The van der Waals surface area contributed by atoms with Crippen LogP contribution < -0.4 is 5.32 Å². The zero-order valence-corrected chi connectivity index (χ0v) is 12.6. The Hall–Kier alpha value is -1.79. The Morgan fingerprint density at radius 3 is 2.71 bits per heavy atom. The second-order valence-electron chi connectivity index (χ2n) is 5.77. The minimum Gasteiger partial charge on any atom is -0.395 e. The van der Waals surface area contributed by atoms with Gasteiger partial charge in [-0.25, -0.2) is 0 Å². The summed E-state index contributed by atoms with van der Waals surface area (Å²) in [6.07, 6.45) is 4.67. The lowest BCUT2D eigenvalue weighted by atomic mass is 9.82. The van der Waals surface area contributed by atoms with Crippen molar-refractivity contribution in [1.82, 2.24) is 0 Å². The summed E-state index contributed by atoms with van der Waals surface area (Å²) in [6, 6.07) is 7.58. The van der Waals surface area contributed by atoms with Crippen molar-refractivity contribution in [3.63, 3.8) is 0 Å². The molecule has 0 bridgehead atoms. The van der Waals surface area contributed by atoms with E-state index in [-0.39, 0.29) is 18.4 Å². The van der Waals surface area contributed by atoms with Crippen LogP contribution in [-0.4, -0.2) is 17.6 Å². The summed E-state index contributed by atoms with van der Waals surface area (Å²) in [5.74, 6) is 6.88. The fraction of sp³-hybridized carbons (Fsp3) is 0.500. The number of rotatable bonds is 3. The number of carbonyl (C=O) groups is 1. The van der Waals surface area contributed by atoms with E-state index in [4.69, 9.17) is 5.11 Å². The number of hydrogen-bond donors (Lipinski definition) is 2. The highest BCUT2D eigenvalue weighted by Gasteiger charge is 2.24. The second kappa shape index (κ2) is 7.85. The molecule has 21 heavy (non-hydrogen) atoms. The average Bonchev–Trinajstić information content (AvgIpc) is 2.50. The van der Waals surface area contributed by atoms with Gasteiger partial charge in [0, 0.05) is 17.9 Å². The summed E-state index contributed by atoms with van der Waals surface area (Å²) < 4.78 is 0. The summed E-state index contributed by atoms with van der Waals surface area (Å²) in [4.78, 5) is 12.4. The summed E-state index contributed by atoms with van der Waals surface area (Å²) in [5.41, 5.74) is 1.58. The van der Waals surface area contributed by atoms with E-state index in [1.54, 1.807) is 0 Å². The fourth-order valence-electron chi connectivity index (χ4n) is 2.67. The number of aliphatic hydroxyl groups excluding tert-OH is 1. The molecule has 1 aliphatic rings. The van der Waals surface area contributed by atoms with Gasteiger partial charge in [-0.05, 0) is 43.7 Å². The van der Waals surface area contributed by atoms with Gasteiger partial charge in [0.2, 0.25) is 5.91 Å². The highest BCUT2D eigenvalue weighted by molar-refractivity contribution is 5.93. The Balaban J connectivity index is 2.02. The van der Waals surface area contributed by atoms with Gasteiger partial charge >= 0.3 is 0 Å². The predicted molar refractivity (Wildman–Crippen MR) is 84.8 cm³/mol. The van der Waals surface area contributed by atoms with Crippen molar-refractivity contribution in [2.75, 3.05) is 11.9 Å². The van der Waals surface area contributed by atoms with Crippen molar-refractivity contribution in [1.29, 1.82) is 0 Å². The molecule has 1 amide bonds. The van der Waals surface area contributed by atoms with Crippen LogP contribution in [0.4, 0.5) is 5.69 Å². The summed E-state index contributed by atoms with van der Waals surface area (Å²) in [6.45, 7) is 2.31. The fourth-order valence-corrected chi connectivity index (χ4v) is 2.67. The van der Waals surface area contributed by atoms with Crippen molar-refractivity contribution in [3.8, 4) is 11.8 Å². The Morgan fingerprint density at radius 2 is 2.00 bits per heavy atom. The van der Waals surface area contributed by atoms with E-state index in [0.29, 0.717) is 6.42 Å². The van der Waals surface area contributed by atoms with Crippen molar-refractivity contribution in [3.05, 3.63) is 29.8 Å². The smallest absolute Gasteiger partial charge is 0.227 e. The van der Waals surface area contributed by atoms with Crippen molar-refractivity contribution < 1.29 is 9.90 Å². The van der Waals surface area contributed by atoms with Crippen molar-refractivity contribution in [2.24, 2.45) is 11.8 Å². The van der Waals surface area contributed by atoms with E-state index >= 15 is 0 Å². The maximum Gasteiger partial charge on any atom is 0.227 e. The maximum atomic E-state index is 12.4. The Morgan fingerprint density at radius 1 is 1.29 bits per heavy atom. The van der Waals surface area contributed by atoms with Gasteiger partial charge in [-0.15, -0.1) is 0 Å². The molecule has 3 heteroatoms. The van der Waals surface area contributed by atoms with Gasteiger partial charge in [-0.2, -0.15) is 0 Å². The first-order valence-electron chi connectivity index (χ1n) is 7.70. The first-order chi connectivity index (χ1) is 10.2. The second-order valence-corrected chi connectivity index (χ2v) is 5.77. The van der Waals surface area contributed by atoms with Gasteiger partial charge < -0.3 is 10.4 Å². The zero-order valence-electron chi connectivity index (χ0n) is 12.6. The van der Waals surface area contributed by atoms with Crippen LogP contribution in [0.2, 0.25) is 0 Å². The van der Waals surface area contributed by atoms with E-state index in [1.807, 2.05) is 24.3 Å².